The van der Waals surface area contributed by atoms with Crippen LogP contribution in [0.1, 0.15) is 38.5 Å². The van der Waals surface area contributed by atoms with Crippen LogP contribution in [0.5, 0.6) is 5.75 Å². The second-order valence-corrected chi connectivity index (χ2v) is 9.87. The highest BCUT2D eigenvalue weighted by molar-refractivity contribution is 6.30. The first-order valence-electron chi connectivity index (χ1n) is 11.2. The van der Waals surface area contributed by atoms with E-state index in [1.54, 1.807) is 6.07 Å². The van der Waals surface area contributed by atoms with Crippen molar-refractivity contribution in [3.05, 3.63) is 29.0 Å². The second-order valence-electron chi connectivity index (χ2n) is 9.46. The van der Waals surface area contributed by atoms with Crippen molar-refractivity contribution in [1.29, 1.82) is 0 Å². The number of carbonyl (C=O) groups excluding carboxylic acids is 1. The number of halogens is 2. The van der Waals surface area contributed by atoms with Crippen LogP contribution < -0.4 is 20.7 Å². The van der Waals surface area contributed by atoms with Gasteiger partial charge in [-0.2, -0.15) is 0 Å². The standard InChI is InChI=1S/C22H30ClFN4O3/c23-16-5-4-15(10-17(16)24)31-11-20(29)27-22-12-21(13-22,14-22)26-18-2-1-3-19(25-18)28-6-8-30-9-7-28/h4-5,10,18-19,25-26H,1-3,6-9,11-14H2,(H,27,29). The number of rotatable bonds is 7. The lowest BCUT2D eigenvalue weighted by molar-refractivity contribution is -0.146. The van der Waals surface area contributed by atoms with Gasteiger partial charge in [0.15, 0.2) is 6.61 Å². The van der Waals surface area contributed by atoms with E-state index in [1.807, 2.05) is 0 Å². The Bertz CT molecular complexity index is 815. The predicted molar refractivity (Wildman–Crippen MR) is 114 cm³/mol. The van der Waals surface area contributed by atoms with Gasteiger partial charge in [0, 0.05) is 30.2 Å². The van der Waals surface area contributed by atoms with Gasteiger partial charge in [0.2, 0.25) is 0 Å². The molecule has 1 aromatic carbocycles. The molecule has 0 radical (unpaired) electrons. The van der Waals surface area contributed by atoms with Crippen molar-refractivity contribution in [3.8, 4) is 5.75 Å². The third-order valence-electron chi connectivity index (χ3n) is 7.03. The molecule has 2 bridgehead atoms. The van der Waals surface area contributed by atoms with Crippen LogP contribution in [0.15, 0.2) is 18.2 Å². The SMILES string of the molecule is O=C(COc1ccc(Cl)c(F)c1)NC12CC(NC3CCCC(N4CCOCC4)N3)(C1)C2. The maximum atomic E-state index is 13.5. The molecule has 2 unspecified atom stereocenters. The molecule has 0 spiro atoms. The summed E-state index contributed by atoms with van der Waals surface area (Å²) in [6.45, 7) is 3.50. The maximum absolute atomic E-state index is 13.5. The zero-order valence-electron chi connectivity index (χ0n) is 17.6. The summed E-state index contributed by atoms with van der Waals surface area (Å²) in [5.74, 6) is -0.433. The molecule has 3 N–H and O–H groups in total. The van der Waals surface area contributed by atoms with E-state index in [-0.39, 0.29) is 28.6 Å². The first-order chi connectivity index (χ1) is 14.9. The molecule has 170 valence electrons. The van der Waals surface area contributed by atoms with E-state index in [4.69, 9.17) is 21.1 Å². The summed E-state index contributed by atoms with van der Waals surface area (Å²) in [6, 6.07) is 4.17. The summed E-state index contributed by atoms with van der Waals surface area (Å²) in [5, 5.41) is 10.8. The molecule has 2 atom stereocenters. The highest BCUT2D eigenvalue weighted by Gasteiger charge is 2.68. The van der Waals surface area contributed by atoms with Gasteiger partial charge in [0.1, 0.15) is 11.6 Å². The van der Waals surface area contributed by atoms with Gasteiger partial charge in [-0.3, -0.25) is 20.3 Å². The fraction of sp³-hybridized carbons (Fsp3) is 0.682. The summed E-state index contributed by atoms with van der Waals surface area (Å²) in [5.41, 5.74) is 0.0228. The number of ether oxygens (including phenoxy) is 2. The van der Waals surface area contributed by atoms with E-state index in [1.165, 1.54) is 25.0 Å². The number of amides is 1. The second kappa shape index (κ2) is 8.48. The molecule has 5 fully saturated rings. The minimum atomic E-state index is -0.556. The van der Waals surface area contributed by atoms with Crippen molar-refractivity contribution >= 4 is 17.5 Å². The summed E-state index contributed by atoms with van der Waals surface area (Å²) >= 11 is 5.66. The minimum Gasteiger partial charge on any atom is -0.484 e. The lowest BCUT2D eigenvalue weighted by Crippen LogP contribution is -2.85. The Morgan fingerprint density at radius 3 is 2.77 bits per heavy atom. The third kappa shape index (κ3) is 4.54. The van der Waals surface area contributed by atoms with E-state index in [0.717, 1.165) is 52.0 Å². The molecule has 7 nitrogen and oxygen atoms in total. The molecule has 2 saturated heterocycles. The maximum Gasteiger partial charge on any atom is 0.258 e. The van der Waals surface area contributed by atoms with Gasteiger partial charge in [0.25, 0.3) is 5.91 Å². The molecule has 2 heterocycles. The molecule has 3 aliphatic carbocycles. The summed E-state index contributed by atoms with van der Waals surface area (Å²) < 4.78 is 24.4. The van der Waals surface area contributed by atoms with Crippen LogP contribution in [-0.2, 0) is 9.53 Å². The molecule has 6 rings (SSSR count). The molecule has 5 aliphatic rings. The molecule has 9 heteroatoms. The van der Waals surface area contributed by atoms with Crippen LogP contribution in [-0.4, -0.2) is 67.1 Å². The number of carbonyl (C=O) groups is 1. The number of hydrogen-bond acceptors (Lipinski definition) is 6. The van der Waals surface area contributed by atoms with Crippen molar-refractivity contribution < 1.29 is 18.7 Å². The van der Waals surface area contributed by atoms with Crippen molar-refractivity contribution in [2.24, 2.45) is 0 Å². The van der Waals surface area contributed by atoms with E-state index in [9.17, 15) is 9.18 Å². The molecule has 1 amide bonds. The van der Waals surface area contributed by atoms with Gasteiger partial charge in [-0.25, -0.2) is 4.39 Å². The van der Waals surface area contributed by atoms with E-state index >= 15 is 0 Å². The molecular formula is C22H30ClFN4O3. The smallest absolute Gasteiger partial charge is 0.258 e. The average molecular weight is 453 g/mol. The Kier molecular flexibility index (Phi) is 5.85. The van der Waals surface area contributed by atoms with Crippen molar-refractivity contribution in [2.45, 2.75) is 61.9 Å². The zero-order chi connectivity index (χ0) is 21.5. The van der Waals surface area contributed by atoms with Crippen molar-refractivity contribution in [1.82, 2.24) is 20.9 Å². The number of piperidine rings is 1. The summed E-state index contributed by atoms with van der Waals surface area (Å²) in [4.78, 5) is 14.8. The van der Waals surface area contributed by atoms with Crippen LogP contribution >= 0.6 is 11.6 Å². The van der Waals surface area contributed by atoms with E-state index < -0.39 is 5.82 Å². The predicted octanol–water partition coefficient (Wildman–Crippen LogP) is 2.00. The van der Waals surface area contributed by atoms with Crippen LogP contribution in [0.25, 0.3) is 0 Å². The monoisotopic (exact) mass is 452 g/mol. The third-order valence-corrected chi connectivity index (χ3v) is 7.33. The van der Waals surface area contributed by atoms with E-state index in [0.29, 0.717) is 18.1 Å². The Labute approximate surface area is 187 Å². The van der Waals surface area contributed by atoms with Gasteiger partial charge >= 0.3 is 0 Å². The Balaban J connectivity index is 1.05. The molecule has 31 heavy (non-hydrogen) atoms. The highest BCUT2D eigenvalue weighted by Crippen LogP contribution is 2.60. The lowest BCUT2D eigenvalue weighted by atomic mass is 9.44. The van der Waals surface area contributed by atoms with Gasteiger partial charge in [-0.15, -0.1) is 0 Å². The van der Waals surface area contributed by atoms with Gasteiger partial charge in [0.05, 0.1) is 30.6 Å². The molecule has 2 aliphatic heterocycles. The van der Waals surface area contributed by atoms with Crippen LogP contribution in [0.3, 0.4) is 0 Å². The number of benzene rings is 1. The largest absolute Gasteiger partial charge is 0.484 e. The number of hydrogen-bond donors (Lipinski definition) is 3. The highest BCUT2D eigenvalue weighted by atomic mass is 35.5. The van der Waals surface area contributed by atoms with Crippen molar-refractivity contribution in [2.75, 3.05) is 32.9 Å². The van der Waals surface area contributed by atoms with Gasteiger partial charge in [-0.1, -0.05) is 11.6 Å². The fourth-order valence-corrected chi connectivity index (χ4v) is 5.81. The van der Waals surface area contributed by atoms with Gasteiger partial charge in [-0.05, 0) is 50.7 Å². The molecule has 3 saturated carbocycles. The topological polar surface area (TPSA) is 74.9 Å². The number of morpholine rings is 1. The van der Waals surface area contributed by atoms with Crippen molar-refractivity contribution in [3.63, 3.8) is 0 Å². The summed E-state index contributed by atoms with van der Waals surface area (Å²) in [7, 11) is 0. The fourth-order valence-electron chi connectivity index (χ4n) is 5.70. The van der Waals surface area contributed by atoms with E-state index in [2.05, 4.69) is 20.9 Å². The minimum absolute atomic E-state index is 0.0344. The zero-order valence-corrected chi connectivity index (χ0v) is 18.3. The van der Waals surface area contributed by atoms with Crippen LogP contribution in [0, 0.1) is 5.82 Å². The lowest BCUT2D eigenvalue weighted by Gasteiger charge is -2.71. The Morgan fingerprint density at radius 2 is 2.03 bits per heavy atom. The Morgan fingerprint density at radius 1 is 1.26 bits per heavy atom. The van der Waals surface area contributed by atoms with Crippen LogP contribution in [0.4, 0.5) is 4.39 Å². The van der Waals surface area contributed by atoms with Gasteiger partial charge < -0.3 is 14.8 Å². The Hall–Kier alpha value is -1.45. The quantitative estimate of drug-likeness (QED) is 0.587. The normalized spacial score (nSPS) is 35.0. The number of nitrogens with one attached hydrogen (secondary N) is 3. The summed E-state index contributed by atoms with van der Waals surface area (Å²) in [6.07, 6.45) is 7.11. The average Bonchev–Trinajstić information content (AvgIpc) is 2.73. The first kappa shape index (κ1) is 21.4. The molecular weight excluding hydrogens is 423 g/mol. The molecule has 0 aromatic heterocycles. The number of nitrogens with zero attached hydrogens (tertiary/aromatic N) is 1. The molecule has 1 aromatic rings. The first-order valence-corrected chi connectivity index (χ1v) is 11.6. The van der Waals surface area contributed by atoms with Crippen LogP contribution in [0.2, 0.25) is 5.02 Å².